The second-order valence-corrected chi connectivity index (χ2v) is 1.81. The Hall–Kier alpha value is -0.500. The maximum atomic E-state index is 7.37. The van der Waals surface area contributed by atoms with E-state index in [9.17, 15) is 0 Å². The average molecular weight is 129 g/mol. The van der Waals surface area contributed by atoms with Crippen molar-refractivity contribution in [2.75, 3.05) is 0 Å². The number of rotatable bonds is 0. The van der Waals surface area contributed by atoms with Crippen molar-refractivity contribution < 1.29 is 5.48 Å². The van der Waals surface area contributed by atoms with Crippen LogP contribution in [0.3, 0.4) is 0 Å². The van der Waals surface area contributed by atoms with Crippen LogP contribution < -0.4 is 0 Å². The molecule has 0 aliphatic carbocycles. The summed E-state index contributed by atoms with van der Waals surface area (Å²) >= 11 is 3.90. The van der Waals surface area contributed by atoms with Crippen molar-refractivity contribution in [3.8, 4) is 0 Å². The van der Waals surface area contributed by atoms with E-state index in [1.807, 2.05) is 0 Å². The van der Waals surface area contributed by atoms with Crippen LogP contribution in [0, 0.1) is 6.85 Å². The summed E-state index contributed by atoms with van der Waals surface area (Å²) < 4.78 is 28.5. The topological polar surface area (TPSA) is 12.9 Å². The molecule has 42 valence electrons. The largest absolute Gasteiger partial charge is 0.263 e. The zero-order valence-corrected chi connectivity index (χ0v) is 4.94. The van der Waals surface area contributed by atoms with Crippen LogP contribution in [0.5, 0.6) is 0 Å². The number of hydrogen-bond donors (Lipinski definition) is 1. The van der Waals surface area contributed by atoms with E-state index < -0.39 is 6.85 Å². The van der Waals surface area contributed by atoms with Gasteiger partial charge in [0, 0.05) is 21.4 Å². The maximum absolute atomic E-state index is 7.37. The van der Waals surface area contributed by atoms with Crippen LogP contribution in [0.15, 0.2) is 23.3 Å². The van der Waals surface area contributed by atoms with Crippen molar-refractivity contribution in [2.24, 2.45) is 0 Å². The normalized spacial score (nSPS) is 18.1. The van der Waals surface area contributed by atoms with Crippen molar-refractivity contribution in [2.45, 2.75) is 11.7 Å². The first-order valence-corrected chi connectivity index (χ1v) is 2.51. The van der Waals surface area contributed by atoms with Crippen molar-refractivity contribution in [1.82, 2.24) is 4.98 Å². The lowest BCUT2D eigenvalue weighted by molar-refractivity contribution is 1.19. The standard InChI is InChI=1S/C6H7NS/c1-5-2-6(8)4-7-3-5/h2-4,8H,1H3/i1D3,2D. The molecule has 0 aromatic carbocycles. The molecule has 0 amide bonds. The van der Waals surface area contributed by atoms with Gasteiger partial charge in [0.05, 0.1) is 1.37 Å². The molecule has 1 rings (SSSR count). The van der Waals surface area contributed by atoms with Crippen LogP contribution >= 0.6 is 12.6 Å². The second-order valence-electron chi connectivity index (χ2n) is 1.33. The summed E-state index contributed by atoms with van der Waals surface area (Å²) in [6, 6.07) is -0.0756. The Morgan fingerprint density at radius 2 is 2.75 bits per heavy atom. The number of thiol groups is 1. The Bertz CT molecular complexity index is 296. The van der Waals surface area contributed by atoms with E-state index in [1.165, 1.54) is 12.4 Å². The van der Waals surface area contributed by atoms with Gasteiger partial charge >= 0.3 is 0 Å². The summed E-state index contributed by atoms with van der Waals surface area (Å²) in [5.41, 5.74) is -0.0602. The van der Waals surface area contributed by atoms with E-state index in [4.69, 9.17) is 5.48 Å². The number of aryl methyl sites for hydroxylation is 1. The van der Waals surface area contributed by atoms with Gasteiger partial charge in [-0.15, -0.1) is 12.6 Å². The molecule has 1 aromatic rings. The van der Waals surface area contributed by atoms with Crippen LogP contribution in [0.4, 0.5) is 0 Å². The highest BCUT2D eigenvalue weighted by Crippen LogP contribution is 2.03. The van der Waals surface area contributed by atoms with Gasteiger partial charge < -0.3 is 0 Å². The van der Waals surface area contributed by atoms with Crippen LogP contribution in [0.1, 0.15) is 11.0 Å². The minimum absolute atomic E-state index is 0.0602. The van der Waals surface area contributed by atoms with Crippen LogP contribution in [-0.2, 0) is 0 Å². The molecule has 8 heavy (non-hydrogen) atoms. The van der Waals surface area contributed by atoms with Gasteiger partial charge in [-0.3, -0.25) is 4.98 Å². The summed E-state index contributed by atoms with van der Waals surface area (Å²) in [4.78, 5) is 3.94. The molecule has 2 heteroatoms. The Morgan fingerprint density at radius 1 is 1.88 bits per heavy atom. The maximum Gasteiger partial charge on any atom is 0.0638 e. The molecule has 1 nitrogen and oxygen atoms in total. The first-order valence-electron chi connectivity index (χ1n) is 4.07. The van der Waals surface area contributed by atoms with E-state index in [2.05, 4.69) is 17.6 Å². The van der Waals surface area contributed by atoms with Gasteiger partial charge in [0.15, 0.2) is 0 Å². The first kappa shape index (κ1) is 2.40. The van der Waals surface area contributed by atoms with Gasteiger partial charge in [0.25, 0.3) is 0 Å². The summed E-state index contributed by atoms with van der Waals surface area (Å²) in [6.07, 6.45) is 2.52. The van der Waals surface area contributed by atoms with Crippen molar-refractivity contribution in [3.63, 3.8) is 0 Å². The Morgan fingerprint density at radius 3 is 3.38 bits per heavy atom. The predicted octanol–water partition coefficient (Wildman–Crippen LogP) is 1.68. The summed E-state index contributed by atoms with van der Waals surface area (Å²) in [7, 11) is 0. The quantitative estimate of drug-likeness (QED) is 0.526. The molecule has 0 bridgehead atoms. The highest BCUT2D eigenvalue weighted by molar-refractivity contribution is 7.80. The van der Waals surface area contributed by atoms with Gasteiger partial charge in [0.1, 0.15) is 0 Å². The SMILES string of the molecule is [2H]c1c(S)cncc1C([2H])([2H])[2H]. The number of hydrogen-bond acceptors (Lipinski definition) is 2. The number of pyridine rings is 1. The van der Waals surface area contributed by atoms with E-state index in [0.29, 0.717) is 0 Å². The smallest absolute Gasteiger partial charge is 0.0638 e. The summed E-state index contributed by atoms with van der Waals surface area (Å²) in [5.74, 6) is 0. The molecule has 0 saturated heterocycles. The third-order valence-corrected chi connectivity index (χ3v) is 0.890. The fourth-order valence-electron chi connectivity index (χ4n) is 0.385. The molecular weight excluding hydrogens is 118 g/mol. The average Bonchev–Trinajstić information content (AvgIpc) is 1.92. The molecule has 1 heterocycles. The van der Waals surface area contributed by atoms with E-state index in [1.54, 1.807) is 0 Å². The molecule has 0 aliphatic heterocycles. The zero-order chi connectivity index (χ0) is 9.35. The molecule has 0 saturated carbocycles. The van der Waals surface area contributed by atoms with E-state index in [0.717, 1.165) is 0 Å². The molecule has 0 unspecified atom stereocenters. The molecule has 0 fully saturated rings. The fourth-order valence-corrected chi connectivity index (χ4v) is 0.572. The lowest BCUT2D eigenvalue weighted by Crippen LogP contribution is -1.73. The van der Waals surface area contributed by atoms with Crippen LogP contribution in [0.25, 0.3) is 0 Å². The van der Waals surface area contributed by atoms with Crippen molar-refractivity contribution >= 4 is 12.6 Å². The second kappa shape index (κ2) is 2.18. The first-order chi connectivity index (χ1) is 5.43. The molecular formula is C6H7NS. The van der Waals surface area contributed by atoms with Crippen molar-refractivity contribution in [3.05, 3.63) is 24.0 Å². The zero-order valence-electron chi connectivity index (χ0n) is 8.05. The summed E-state index contributed by atoms with van der Waals surface area (Å²) in [5, 5.41) is 0. The molecule has 0 N–H and O–H groups in total. The van der Waals surface area contributed by atoms with E-state index in [-0.39, 0.29) is 16.5 Å². The Balaban J connectivity index is 3.26. The lowest BCUT2D eigenvalue weighted by Gasteiger charge is -1.89. The van der Waals surface area contributed by atoms with Crippen molar-refractivity contribution in [1.29, 1.82) is 0 Å². The van der Waals surface area contributed by atoms with Gasteiger partial charge in [-0.2, -0.15) is 0 Å². The van der Waals surface area contributed by atoms with Crippen LogP contribution in [0.2, 0.25) is 0 Å². The predicted molar refractivity (Wildman–Crippen MR) is 36.2 cm³/mol. The highest BCUT2D eigenvalue weighted by atomic mass is 32.1. The number of nitrogens with zero attached hydrogens (tertiary/aromatic N) is 1. The van der Waals surface area contributed by atoms with Gasteiger partial charge in [-0.25, -0.2) is 0 Å². The summed E-state index contributed by atoms with van der Waals surface area (Å²) in [6.45, 7) is -2.27. The Labute approximate surface area is 59.8 Å². The highest BCUT2D eigenvalue weighted by Gasteiger charge is 1.82. The lowest BCUT2D eigenvalue weighted by atomic mass is 10.3. The minimum atomic E-state index is -2.27. The molecule has 0 aliphatic rings. The third-order valence-electron chi connectivity index (χ3n) is 0.663. The Kier molecular flexibility index (Phi) is 0.653. The minimum Gasteiger partial charge on any atom is -0.263 e. The number of aromatic nitrogens is 1. The molecule has 0 spiro atoms. The van der Waals surface area contributed by atoms with Gasteiger partial charge in [0.2, 0.25) is 0 Å². The van der Waals surface area contributed by atoms with Gasteiger partial charge in [-0.05, 0) is 18.5 Å². The third kappa shape index (κ3) is 1.23. The van der Waals surface area contributed by atoms with E-state index >= 15 is 0 Å². The molecule has 0 atom stereocenters. The molecule has 0 radical (unpaired) electrons. The monoisotopic (exact) mass is 129 g/mol. The van der Waals surface area contributed by atoms with Crippen LogP contribution in [-0.4, -0.2) is 4.98 Å². The molecule has 1 aromatic heterocycles. The fraction of sp³-hybridized carbons (Fsp3) is 0.167. The van der Waals surface area contributed by atoms with Gasteiger partial charge in [-0.1, -0.05) is 0 Å².